The average Bonchev–Trinajstić information content (AvgIpc) is 3.25. The van der Waals surface area contributed by atoms with Gasteiger partial charge >= 0.3 is 0 Å². The van der Waals surface area contributed by atoms with Crippen LogP contribution in [0.2, 0.25) is 0 Å². The molecule has 1 aliphatic carbocycles. The van der Waals surface area contributed by atoms with E-state index in [1.165, 1.54) is 12.8 Å². The first-order chi connectivity index (χ1) is 10.6. The summed E-state index contributed by atoms with van der Waals surface area (Å²) in [5, 5.41) is 7.38. The summed E-state index contributed by atoms with van der Waals surface area (Å²) in [7, 11) is -2.88. The van der Waals surface area contributed by atoms with E-state index in [1.54, 1.807) is 0 Å². The molecule has 0 atom stereocenters. The van der Waals surface area contributed by atoms with Gasteiger partial charge in [0.05, 0.1) is 11.5 Å². The van der Waals surface area contributed by atoms with E-state index in [2.05, 4.69) is 20.1 Å². The number of benzene rings is 1. The largest absolute Gasteiger partial charge is 0.369 e. The van der Waals surface area contributed by atoms with Crippen LogP contribution >= 0.6 is 0 Å². The fraction of sp³-hybridized carbons (Fsp3) is 0.467. The number of nitrogens with one attached hydrogen (secondary N) is 1. The lowest BCUT2D eigenvalue weighted by Crippen LogP contribution is -2.40. The van der Waals surface area contributed by atoms with E-state index in [0.717, 1.165) is 17.1 Å². The van der Waals surface area contributed by atoms with Crippen LogP contribution in [-0.2, 0) is 9.84 Å². The van der Waals surface area contributed by atoms with Gasteiger partial charge in [-0.2, -0.15) is 5.10 Å². The van der Waals surface area contributed by atoms with Crippen LogP contribution in [0.5, 0.6) is 0 Å². The first-order valence-corrected chi connectivity index (χ1v) is 9.42. The second-order valence-corrected chi connectivity index (χ2v) is 8.28. The number of aromatic amines is 1. The van der Waals surface area contributed by atoms with E-state index in [0.29, 0.717) is 24.8 Å². The zero-order valence-corrected chi connectivity index (χ0v) is 13.0. The van der Waals surface area contributed by atoms with Crippen LogP contribution < -0.4 is 4.90 Å². The molecule has 116 valence electrons. The number of rotatable bonds is 3. The zero-order chi connectivity index (χ0) is 15.2. The predicted molar refractivity (Wildman–Crippen MR) is 84.7 cm³/mol. The van der Waals surface area contributed by atoms with Gasteiger partial charge < -0.3 is 4.90 Å². The molecule has 0 amide bonds. The predicted octanol–water partition coefficient (Wildman–Crippen LogP) is 1.58. The highest BCUT2D eigenvalue weighted by Gasteiger charge is 2.28. The topological polar surface area (TPSA) is 79.0 Å². The molecule has 2 heterocycles. The number of hydrogen-bond acceptors (Lipinski definition) is 5. The molecule has 4 rings (SSSR count). The number of para-hydroxylation sites is 1. The Morgan fingerprint density at radius 2 is 1.86 bits per heavy atom. The molecule has 2 fully saturated rings. The summed E-state index contributed by atoms with van der Waals surface area (Å²) in [4.78, 5) is 6.73. The molecule has 1 N–H and O–H groups in total. The summed E-state index contributed by atoms with van der Waals surface area (Å²) in [6, 6.07) is 7.95. The molecule has 0 unspecified atom stereocenters. The van der Waals surface area contributed by atoms with E-state index in [1.807, 2.05) is 24.3 Å². The Bertz CT molecular complexity index is 781. The highest BCUT2D eigenvalue weighted by molar-refractivity contribution is 7.91. The van der Waals surface area contributed by atoms with Crippen molar-refractivity contribution in [1.82, 2.24) is 15.2 Å². The summed E-state index contributed by atoms with van der Waals surface area (Å²) in [6.07, 6.45) is 2.36. The van der Waals surface area contributed by atoms with Crippen LogP contribution in [0.3, 0.4) is 0 Å². The quantitative estimate of drug-likeness (QED) is 0.929. The Balaban J connectivity index is 1.65. The highest BCUT2D eigenvalue weighted by Crippen LogP contribution is 2.39. The van der Waals surface area contributed by atoms with Crippen molar-refractivity contribution in [2.75, 3.05) is 29.5 Å². The molecule has 1 saturated heterocycles. The third-order valence-corrected chi connectivity index (χ3v) is 5.91. The maximum atomic E-state index is 11.6. The lowest BCUT2D eigenvalue weighted by molar-refractivity contribution is 0.587. The molecule has 2 aromatic rings. The van der Waals surface area contributed by atoms with Gasteiger partial charge in [0.25, 0.3) is 0 Å². The van der Waals surface area contributed by atoms with Crippen LogP contribution in [-0.4, -0.2) is 48.2 Å². The lowest BCUT2D eigenvalue weighted by Gasteiger charge is -2.30. The van der Waals surface area contributed by atoms with E-state index in [4.69, 9.17) is 0 Å². The Kier molecular flexibility index (Phi) is 3.18. The second kappa shape index (κ2) is 5.08. The molecule has 6 nitrogen and oxygen atoms in total. The second-order valence-electron chi connectivity index (χ2n) is 5.97. The molecular weight excluding hydrogens is 300 g/mol. The average molecular weight is 318 g/mol. The molecule has 1 aromatic carbocycles. The van der Waals surface area contributed by atoms with Crippen molar-refractivity contribution in [1.29, 1.82) is 0 Å². The Hall–Kier alpha value is -1.89. The third-order valence-electron chi connectivity index (χ3n) is 4.30. The van der Waals surface area contributed by atoms with Gasteiger partial charge in [-0.25, -0.2) is 13.4 Å². The highest BCUT2D eigenvalue weighted by atomic mass is 32.2. The summed E-state index contributed by atoms with van der Waals surface area (Å²) < 4.78 is 23.2. The summed E-state index contributed by atoms with van der Waals surface area (Å²) in [5.74, 6) is 2.62. The SMILES string of the molecule is O=S1(=O)CCN(c2ccccc2-c2n[nH]c(C3CC3)n2)CC1. The van der Waals surface area contributed by atoms with Gasteiger partial charge in [-0.15, -0.1) is 0 Å². The van der Waals surface area contributed by atoms with Gasteiger partial charge in [-0.1, -0.05) is 12.1 Å². The van der Waals surface area contributed by atoms with E-state index in [9.17, 15) is 8.42 Å². The maximum absolute atomic E-state index is 11.6. The van der Waals surface area contributed by atoms with Crippen LogP contribution in [0.15, 0.2) is 24.3 Å². The molecule has 0 radical (unpaired) electrons. The van der Waals surface area contributed by atoms with Crippen molar-refractivity contribution < 1.29 is 8.42 Å². The Morgan fingerprint density at radius 3 is 2.59 bits per heavy atom. The van der Waals surface area contributed by atoms with E-state index < -0.39 is 9.84 Å². The van der Waals surface area contributed by atoms with Crippen molar-refractivity contribution in [3.8, 4) is 11.4 Å². The summed E-state index contributed by atoms with van der Waals surface area (Å²) >= 11 is 0. The van der Waals surface area contributed by atoms with Crippen molar-refractivity contribution in [2.45, 2.75) is 18.8 Å². The van der Waals surface area contributed by atoms with Gasteiger partial charge in [0.2, 0.25) is 0 Å². The van der Waals surface area contributed by atoms with Crippen molar-refractivity contribution in [2.24, 2.45) is 0 Å². The molecular formula is C15H18N4O2S. The van der Waals surface area contributed by atoms with Gasteiger partial charge in [0.15, 0.2) is 15.7 Å². The number of aromatic nitrogens is 3. The van der Waals surface area contributed by atoms with Gasteiger partial charge in [-0.05, 0) is 25.0 Å². The van der Waals surface area contributed by atoms with Crippen LogP contribution in [0.25, 0.3) is 11.4 Å². The monoisotopic (exact) mass is 318 g/mol. The first-order valence-electron chi connectivity index (χ1n) is 7.59. The lowest BCUT2D eigenvalue weighted by atomic mass is 10.1. The smallest absolute Gasteiger partial charge is 0.183 e. The van der Waals surface area contributed by atoms with Crippen molar-refractivity contribution in [3.05, 3.63) is 30.1 Å². The van der Waals surface area contributed by atoms with Crippen molar-refractivity contribution in [3.63, 3.8) is 0 Å². The third kappa shape index (κ3) is 2.61. The van der Waals surface area contributed by atoms with Crippen LogP contribution in [0.4, 0.5) is 5.69 Å². The number of nitrogens with zero attached hydrogens (tertiary/aromatic N) is 3. The summed E-state index contributed by atoms with van der Waals surface area (Å²) in [5.41, 5.74) is 1.98. The maximum Gasteiger partial charge on any atom is 0.183 e. The van der Waals surface area contributed by atoms with Gasteiger partial charge in [0, 0.05) is 30.3 Å². The zero-order valence-electron chi connectivity index (χ0n) is 12.2. The first kappa shape index (κ1) is 13.8. The van der Waals surface area contributed by atoms with Gasteiger partial charge in [-0.3, -0.25) is 5.10 Å². The fourth-order valence-electron chi connectivity index (χ4n) is 2.83. The Labute approximate surface area is 129 Å². The van der Waals surface area contributed by atoms with Gasteiger partial charge in [0.1, 0.15) is 5.82 Å². The number of hydrogen-bond donors (Lipinski definition) is 1. The molecule has 2 aliphatic rings. The Morgan fingerprint density at radius 1 is 1.14 bits per heavy atom. The minimum atomic E-state index is -2.88. The standard InChI is InChI=1S/C15H18N4O2S/c20-22(21)9-7-19(8-10-22)13-4-2-1-3-12(13)15-16-14(17-18-15)11-5-6-11/h1-4,11H,5-10H2,(H,16,17,18). The summed E-state index contributed by atoms with van der Waals surface area (Å²) in [6.45, 7) is 1.05. The minimum absolute atomic E-state index is 0.211. The number of anilines is 1. The molecule has 0 bridgehead atoms. The van der Waals surface area contributed by atoms with Crippen LogP contribution in [0.1, 0.15) is 24.6 Å². The minimum Gasteiger partial charge on any atom is -0.369 e. The fourth-order valence-corrected chi connectivity index (χ4v) is 4.03. The van der Waals surface area contributed by atoms with Crippen LogP contribution in [0, 0.1) is 0 Å². The molecule has 1 saturated carbocycles. The molecule has 1 aromatic heterocycles. The van der Waals surface area contributed by atoms with E-state index in [-0.39, 0.29) is 11.5 Å². The molecule has 1 aliphatic heterocycles. The van der Waals surface area contributed by atoms with E-state index >= 15 is 0 Å². The molecule has 0 spiro atoms. The molecule has 22 heavy (non-hydrogen) atoms. The number of sulfone groups is 1. The number of H-pyrrole nitrogens is 1. The molecule has 7 heteroatoms. The van der Waals surface area contributed by atoms with Crippen molar-refractivity contribution >= 4 is 15.5 Å². The normalized spacial score (nSPS) is 21.0.